The Labute approximate surface area is 317 Å². The summed E-state index contributed by atoms with van der Waals surface area (Å²) in [6.45, 7) is 27.5. The minimum absolute atomic E-state index is 0.0721. The molecule has 7 atom stereocenters. The molecule has 0 saturated carbocycles. The average Bonchev–Trinajstić information content (AvgIpc) is 3.12. The maximum absolute atomic E-state index is 11.9. The smallest absolute Gasteiger partial charge is 0.201 e. The second kappa shape index (κ2) is 22.5. The lowest BCUT2D eigenvalue weighted by Gasteiger charge is -2.47. The summed E-state index contributed by atoms with van der Waals surface area (Å²) in [6, 6.07) is 15.8. The van der Waals surface area contributed by atoms with Gasteiger partial charge in [-0.05, 0) is 82.8 Å². The summed E-state index contributed by atoms with van der Waals surface area (Å²) >= 11 is 0. The number of ether oxygens (including phenoxy) is 5. The second-order valence-corrected chi connectivity index (χ2v) is 20.9. The highest BCUT2D eigenvalue weighted by molar-refractivity contribution is 6.77. The van der Waals surface area contributed by atoms with Crippen LogP contribution >= 0.6 is 0 Å². The summed E-state index contributed by atoms with van der Waals surface area (Å²) in [5, 5.41) is 0. The Bertz CT molecular complexity index is 1320. The first-order chi connectivity index (χ1) is 24.7. The van der Waals surface area contributed by atoms with Crippen molar-refractivity contribution in [1.29, 1.82) is 0 Å². The monoisotopic (exact) mass is 738 g/mol. The molecule has 0 aromatic heterocycles. The van der Waals surface area contributed by atoms with E-state index in [0.717, 1.165) is 40.9 Å². The lowest BCUT2D eigenvalue weighted by molar-refractivity contribution is -0.122. The van der Waals surface area contributed by atoms with Gasteiger partial charge >= 0.3 is 0 Å². The van der Waals surface area contributed by atoms with E-state index in [-0.39, 0.29) is 36.6 Å². The molecule has 0 aliphatic rings. The van der Waals surface area contributed by atoms with Crippen LogP contribution < -0.4 is 9.47 Å². The first-order valence-electron chi connectivity index (χ1n) is 19.1. The van der Waals surface area contributed by atoms with Crippen LogP contribution in [-0.2, 0) is 36.6 Å². The Balaban J connectivity index is 2.64. The van der Waals surface area contributed by atoms with E-state index in [2.05, 4.69) is 81.9 Å². The number of carbonyl (C=O) groups excluding carboxylic acids is 1. The van der Waals surface area contributed by atoms with Crippen LogP contribution in [0.2, 0.25) is 16.6 Å². The fourth-order valence-electron chi connectivity index (χ4n) is 7.86. The van der Waals surface area contributed by atoms with Crippen molar-refractivity contribution in [3.8, 4) is 11.5 Å². The molecule has 0 aliphatic carbocycles. The number of benzene rings is 2. The van der Waals surface area contributed by atoms with Crippen molar-refractivity contribution >= 4 is 14.6 Å². The van der Waals surface area contributed by atoms with Crippen LogP contribution in [0.25, 0.3) is 0 Å². The SMILES string of the molecule is C=C[C@@H](C)C[C@@H](C)[C@@H](OCc1ccc(OC)cc1)[C@H](OC)[C@H](O[Si](C(C)C)(C(C)C)C(C)C)/C(C)=C/[C@@H](C)[C@H](CC=O)OCc1ccc(OC)cc1. The minimum atomic E-state index is -2.41. The first kappa shape index (κ1) is 45.4. The van der Waals surface area contributed by atoms with Crippen molar-refractivity contribution in [2.45, 2.75) is 136 Å². The zero-order valence-electron chi connectivity index (χ0n) is 34.5. The van der Waals surface area contributed by atoms with E-state index < -0.39 is 14.4 Å². The lowest BCUT2D eigenvalue weighted by atomic mass is 9.86. The van der Waals surface area contributed by atoms with Crippen LogP contribution in [0.3, 0.4) is 0 Å². The Morgan fingerprint density at radius 3 is 1.62 bits per heavy atom. The summed E-state index contributed by atoms with van der Waals surface area (Å²) in [6.07, 6.45) is 4.99. The van der Waals surface area contributed by atoms with Gasteiger partial charge in [-0.2, -0.15) is 0 Å². The van der Waals surface area contributed by atoms with Crippen molar-refractivity contribution in [2.75, 3.05) is 21.3 Å². The highest BCUT2D eigenvalue weighted by atomic mass is 28.4. The van der Waals surface area contributed by atoms with E-state index in [4.69, 9.17) is 28.1 Å². The number of rotatable bonds is 25. The van der Waals surface area contributed by atoms with E-state index in [1.54, 1.807) is 21.3 Å². The van der Waals surface area contributed by atoms with Gasteiger partial charge in [0.2, 0.25) is 8.32 Å². The number of hydrogen-bond donors (Lipinski definition) is 0. The molecular weight excluding hydrogens is 669 g/mol. The summed E-state index contributed by atoms with van der Waals surface area (Å²) in [5.74, 6) is 1.97. The fourth-order valence-corrected chi connectivity index (χ4v) is 13.4. The van der Waals surface area contributed by atoms with Crippen LogP contribution in [0.15, 0.2) is 72.8 Å². The molecule has 2 rings (SSSR count). The van der Waals surface area contributed by atoms with Gasteiger partial charge in [-0.1, -0.05) is 98.7 Å². The third-order valence-corrected chi connectivity index (χ3v) is 16.8. The molecule has 0 radical (unpaired) electrons. The van der Waals surface area contributed by atoms with E-state index in [1.807, 2.05) is 54.6 Å². The molecule has 0 amide bonds. The Hall–Kier alpha value is -2.75. The number of carbonyl (C=O) groups is 1. The third-order valence-electron chi connectivity index (χ3n) is 10.8. The highest BCUT2D eigenvalue weighted by Gasteiger charge is 2.49. The van der Waals surface area contributed by atoms with Gasteiger partial charge in [0.15, 0.2) is 0 Å². The second-order valence-electron chi connectivity index (χ2n) is 15.5. The van der Waals surface area contributed by atoms with Crippen LogP contribution in [0.1, 0.15) is 93.2 Å². The van der Waals surface area contributed by atoms with Crippen LogP contribution in [0.4, 0.5) is 0 Å². The Morgan fingerprint density at radius 1 is 0.731 bits per heavy atom. The average molecular weight is 739 g/mol. The molecule has 2 aromatic carbocycles. The van der Waals surface area contributed by atoms with Gasteiger partial charge in [0.25, 0.3) is 0 Å². The molecule has 292 valence electrons. The van der Waals surface area contributed by atoms with E-state index in [1.165, 1.54) is 0 Å². The summed E-state index contributed by atoms with van der Waals surface area (Å²) in [7, 11) is 2.69. The fraction of sp³-hybridized carbons (Fsp3) is 0.614. The zero-order valence-corrected chi connectivity index (χ0v) is 35.5. The van der Waals surface area contributed by atoms with Crippen molar-refractivity contribution in [1.82, 2.24) is 0 Å². The molecule has 2 aromatic rings. The Kier molecular flexibility index (Phi) is 19.6. The molecule has 0 spiro atoms. The summed E-state index contributed by atoms with van der Waals surface area (Å²) < 4.78 is 38.3. The predicted octanol–water partition coefficient (Wildman–Crippen LogP) is 10.8. The number of allylic oxidation sites excluding steroid dienone is 1. The van der Waals surface area contributed by atoms with Crippen molar-refractivity contribution in [3.05, 3.63) is 84.0 Å². The molecule has 0 N–H and O–H groups in total. The molecular formula is C44H70O7Si. The van der Waals surface area contributed by atoms with Crippen molar-refractivity contribution in [2.24, 2.45) is 17.8 Å². The minimum Gasteiger partial charge on any atom is -0.497 e. The molecule has 0 saturated heterocycles. The topological polar surface area (TPSA) is 72.5 Å². The highest BCUT2D eigenvalue weighted by Crippen LogP contribution is 2.45. The lowest BCUT2D eigenvalue weighted by Crippen LogP contribution is -2.55. The van der Waals surface area contributed by atoms with Gasteiger partial charge in [-0.15, -0.1) is 6.58 Å². The van der Waals surface area contributed by atoms with Gasteiger partial charge in [0, 0.05) is 19.4 Å². The quantitative estimate of drug-likeness (QED) is 0.0570. The first-order valence-corrected chi connectivity index (χ1v) is 21.3. The van der Waals surface area contributed by atoms with Crippen molar-refractivity contribution in [3.63, 3.8) is 0 Å². The maximum Gasteiger partial charge on any atom is 0.201 e. The normalized spacial score (nSPS) is 16.7. The van der Waals surface area contributed by atoms with E-state index in [0.29, 0.717) is 35.8 Å². The van der Waals surface area contributed by atoms with Gasteiger partial charge < -0.3 is 32.9 Å². The van der Waals surface area contributed by atoms with Crippen LogP contribution in [-0.4, -0.2) is 60.3 Å². The van der Waals surface area contributed by atoms with Gasteiger partial charge in [-0.3, -0.25) is 0 Å². The molecule has 0 heterocycles. The molecule has 8 heteroatoms. The summed E-state index contributed by atoms with van der Waals surface area (Å²) in [5.41, 5.74) is 4.24. The molecule has 0 unspecified atom stereocenters. The van der Waals surface area contributed by atoms with Gasteiger partial charge in [0.05, 0.1) is 45.7 Å². The number of hydrogen-bond acceptors (Lipinski definition) is 7. The number of methoxy groups -OCH3 is 3. The molecule has 0 bridgehead atoms. The Morgan fingerprint density at radius 2 is 1.21 bits per heavy atom. The van der Waals surface area contributed by atoms with Crippen LogP contribution in [0, 0.1) is 17.8 Å². The summed E-state index contributed by atoms with van der Waals surface area (Å²) in [4.78, 5) is 11.9. The number of aldehydes is 1. The maximum atomic E-state index is 11.9. The zero-order chi connectivity index (χ0) is 39.0. The molecule has 7 nitrogen and oxygen atoms in total. The van der Waals surface area contributed by atoms with E-state index >= 15 is 0 Å². The van der Waals surface area contributed by atoms with Gasteiger partial charge in [0.1, 0.15) is 23.9 Å². The van der Waals surface area contributed by atoms with Crippen LogP contribution in [0.5, 0.6) is 11.5 Å². The molecule has 52 heavy (non-hydrogen) atoms. The largest absolute Gasteiger partial charge is 0.497 e. The van der Waals surface area contributed by atoms with Crippen molar-refractivity contribution < 1.29 is 32.9 Å². The predicted molar refractivity (Wildman–Crippen MR) is 217 cm³/mol. The molecule has 0 fully saturated rings. The van der Waals surface area contributed by atoms with E-state index in [9.17, 15) is 4.79 Å². The van der Waals surface area contributed by atoms with Gasteiger partial charge in [-0.25, -0.2) is 0 Å². The standard InChI is InChI=1S/C44H70O7Si/c1-15-33(8)26-35(10)42(50-29-38-18-22-40(47-13)23-19-38)44(48-14)43(51-52(30(2)3,31(4)5)32(6)7)36(11)27-34(9)41(24-25-45)49-28-37-16-20-39(46-12)21-17-37/h15-23,25,27,30-35,41-44H,1,24,26,28-29H2,2-14H3/b36-27+/t33-,34-,35-,41+,42-,43-,44+/m1/s1. The molecule has 0 aliphatic heterocycles. The third kappa shape index (κ3) is 12.7.